The summed E-state index contributed by atoms with van der Waals surface area (Å²) >= 11 is 1.26. The molecule has 3 aromatic heterocycles. The van der Waals surface area contributed by atoms with E-state index in [9.17, 15) is 4.79 Å². The highest BCUT2D eigenvalue weighted by Gasteiger charge is 2.12. The summed E-state index contributed by atoms with van der Waals surface area (Å²) in [6, 6.07) is 6.60. The molecule has 5 nitrogen and oxygen atoms in total. The van der Waals surface area contributed by atoms with Crippen LogP contribution < -0.4 is 0 Å². The minimum atomic E-state index is -1.09. The van der Waals surface area contributed by atoms with Crippen molar-refractivity contribution in [3.05, 3.63) is 42.5 Å². The molecule has 3 heterocycles. The first-order valence-corrected chi connectivity index (χ1v) is 5.89. The molecule has 0 aliphatic heterocycles. The van der Waals surface area contributed by atoms with Crippen LogP contribution in [0.2, 0.25) is 0 Å². The minimum absolute atomic E-state index is 0.0862. The summed E-state index contributed by atoms with van der Waals surface area (Å²) < 4.78 is 10.4. The van der Waals surface area contributed by atoms with Gasteiger partial charge >= 0.3 is 5.97 Å². The fourth-order valence-corrected chi connectivity index (χ4v) is 2.39. The molecule has 0 aliphatic carbocycles. The zero-order valence-electron chi connectivity index (χ0n) is 8.99. The Labute approximate surface area is 105 Å². The zero-order chi connectivity index (χ0) is 12.5. The quantitative estimate of drug-likeness (QED) is 0.779. The minimum Gasteiger partial charge on any atom is -0.475 e. The van der Waals surface area contributed by atoms with Crippen LogP contribution in [-0.4, -0.2) is 16.1 Å². The second-order valence-corrected chi connectivity index (χ2v) is 4.47. The van der Waals surface area contributed by atoms with E-state index < -0.39 is 5.97 Å². The number of carboxylic acid groups (broad SMARTS) is 1. The molecule has 0 amide bonds. The molecule has 3 rings (SSSR count). The smallest absolute Gasteiger partial charge is 0.371 e. The second kappa shape index (κ2) is 4.23. The number of hydrogen-bond donors (Lipinski definition) is 1. The molecule has 0 saturated heterocycles. The number of carboxylic acids is 1. The van der Waals surface area contributed by atoms with Crippen molar-refractivity contribution in [3.8, 4) is 0 Å². The monoisotopic (exact) mass is 261 g/mol. The van der Waals surface area contributed by atoms with Crippen molar-refractivity contribution in [3.63, 3.8) is 0 Å². The van der Waals surface area contributed by atoms with Crippen LogP contribution in [-0.2, 0) is 0 Å². The average molecular weight is 261 g/mol. The first kappa shape index (κ1) is 10.9. The summed E-state index contributed by atoms with van der Waals surface area (Å²) in [5.74, 6) is -1.17. The van der Waals surface area contributed by atoms with Crippen LogP contribution in [0.25, 0.3) is 11.0 Å². The topological polar surface area (TPSA) is 76.5 Å². The lowest BCUT2D eigenvalue weighted by atomic mass is 10.3. The number of rotatable bonds is 3. The molecule has 3 aromatic rings. The van der Waals surface area contributed by atoms with E-state index in [0.29, 0.717) is 10.1 Å². The molecule has 0 atom stereocenters. The highest BCUT2D eigenvalue weighted by molar-refractivity contribution is 7.99. The SMILES string of the molecule is O=C(O)c1ccc(Sc2nccc3occc23)o1. The third-order valence-corrected chi connectivity index (χ3v) is 3.27. The van der Waals surface area contributed by atoms with E-state index >= 15 is 0 Å². The van der Waals surface area contributed by atoms with Crippen LogP contribution >= 0.6 is 11.8 Å². The Kier molecular flexibility index (Phi) is 2.56. The lowest BCUT2D eigenvalue weighted by molar-refractivity contribution is 0.0656. The first-order valence-electron chi connectivity index (χ1n) is 5.07. The fraction of sp³-hybridized carbons (Fsp3) is 0. The molecular formula is C12H7NO4S. The van der Waals surface area contributed by atoms with E-state index in [0.717, 1.165) is 11.0 Å². The van der Waals surface area contributed by atoms with Gasteiger partial charge in [0.15, 0.2) is 5.09 Å². The van der Waals surface area contributed by atoms with Crippen molar-refractivity contribution in [2.75, 3.05) is 0 Å². The highest BCUT2D eigenvalue weighted by atomic mass is 32.2. The summed E-state index contributed by atoms with van der Waals surface area (Å²) in [5.41, 5.74) is 0.734. The van der Waals surface area contributed by atoms with E-state index in [1.54, 1.807) is 24.6 Å². The van der Waals surface area contributed by atoms with Gasteiger partial charge in [-0.25, -0.2) is 9.78 Å². The molecular weight excluding hydrogens is 254 g/mol. The second-order valence-electron chi connectivity index (χ2n) is 3.47. The van der Waals surface area contributed by atoms with Gasteiger partial charge in [-0.1, -0.05) is 0 Å². The molecule has 90 valence electrons. The largest absolute Gasteiger partial charge is 0.475 e. The molecule has 0 saturated carbocycles. The first-order chi connectivity index (χ1) is 8.74. The van der Waals surface area contributed by atoms with Gasteiger partial charge in [-0.05, 0) is 36.0 Å². The molecule has 0 radical (unpaired) electrons. The Morgan fingerprint density at radius 1 is 1.28 bits per heavy atom. The summed E-state index contributed by atoms with van der Waals surface area (Å²) in [7, 11) is 0. The summed E-state index contributed by atoms with van der Waals surface area (Å²) in [4.78, 5) is 14.9. The molecule has 0 unspecified atom stereocenters. The van der Waals surface area contributed by atoms with Crippen molar-refractivity contribution in [2.24, 2.45) is 0 Å². The van der Waals surface area contributed by atoms with Gasteiger partial charge in [0.05, 0.1) is 11.6 Å². The summed E-state index contributed by atoms with van der Waals surface area (Å²) in [6.45, 7) is 0. The normalized spacial score (nSPS) is 10.9. The summed E-state index contributed by atoms with van der Waals surface area (Å²) in [5, 5.41) is 10.8. The highest BCUT2D eigenvalue weighted by Crippen LogP contribution is 2.33. The zero-order valence-corrected chi connectivity index (χ0v) is 9.81. The van der Waals surface area contributed by atoms with Gasteiger partial charge < -0.3 is 13.9 Å². The van der Waals surface area contributed by atoms with E-state index in [-0.39, 0.29) is 5.76 Å². The Morgan fingerprint density at radius 2 is 2.17 bits per heavy atom. The van der Waals surface area contributed by atoms with Gasteiger partial charge in [0.1, 0.15) is 10.6 Å². The third kappa shape index (κ3) is 1.86. The van der Waals surface area contributed by atoms with Crippen molar-refractivity contribution in [1.29, 1.82) is 0 Å². The Morgan fingerprint density at radius 3 is 2.94 bits per heavy atom. The fourth-order valence-electron chi connectivity index (χ4n) is 1.54. The number of aromatic nitrogens is 1. The van der Waals surface area contributed by atoms with Crippen LogP contribution in [0.1, 0.15) is 10.6 Å². The van der Waals surface area contributed by atoms with Crippen LogP contribution in [0.5, 0.6) is 0 Å². The van der Waals surface area contributed by atoms with Crippen LogP contribution in [0.15, 0.2) is 55.7 Å². The van der Waals surface area contributed by atoms with Gasteiger partial charge in [-0.2, -0.15) is 0 Å². The molecule has 0 aliphatic rings. The number of nitrogens with zero attached hydrogens (tertiary/aromatic N) is 1. The molecule has 0 aromatic carbocycles. The average Bonchev–Trinajstić information content (AvgIpc) is 2.97. The van der Waals surface area contributed by atoms with Crippen LogP contribution in [0.3, 0.4) is 0 Å². The molecule has 0 bridgehead atoms. The number of pyridine rings is 1. The van der Waals surface area contributed by atoms with Crippen molar-refractivity contribution in [1.82, 2.24) is 4.98 Å². The van der Waals surface area contributed by atoms with Gasteiger partial charge in [0.2, 0.25) is 5.76 Å². The van der Waals surface area contributed by atoms with Crippen LogP contribution in [0, 0.1) is 0 Å². The Hall–Kier alpha value is -2.21. The van der Waals surface area contributed by atoms with E-state index in [1.807, 2.05) is 6.07 Å². The number of aromatic carboxylic acids is 1. The number of hydrogen-bond acceptors (Lipinski definition) is 5. The molecule has 0 spiro atoms. The van der Waals surface area contributed by atoms with Gasteiger partial charge in [-0.3, -0.25) is 0 Å². The Balaban J connectivity index is 1.96. The maximum atomic E-state index is 10.7. The number of carbonyl (C=O) groups is 1. The summed E-state index contributed by atoms with van der Waals surface area (Å²) in [6.07, 6.45) is 3.22. The van der Waals surface area contributed by atoms with Gasteiger partial charge in [0.25, 0.3) is 0 Å². The predicted octanol–water partition coefficient (Wildman–Crippen LogP) is 3.27. The van der Waals surface area contributed by atoms with E-state index in [1.165, 1.54) is 17.8 Å². The Bertz CT molecular complexity index is 716. The lowest BCUT2D eigenvalue weighted by Gasteiger charge is -1.98. The van der Waals surface area contributed by atoms with Gasteiger partial charge in [-0.15, -0.1) is 0 Å². The van der Waals surface area contributed by atoms with E-state index in [2.05, 4.69) is 4.98 Å². The maximum absolute atomic E-state index is 10.7. The van der Waals surface area contributed by atoms with Crippen molar-refractivity contribution in [2.45, 2.75) is 10.1 Å². The molecule has 1 N–H and O–H groups in total. The van der Waals surface area contributed by atoms with Crippen molar-refractivity contribution < 1.29 is 18.7 Å². The van der Waals surface area contributed by atoms with Crippen molar-refractivity contribution >= 4 is 28.7 Å². The van der Waals surface area contributed by atoms with Crippen LogP contribution in [0.4, 0.5) is 0 Å². The maximum Gasteiger partial charge on any atom is 0.371 e. The standard InChI is InChI=1S/C12H7NO4S/c14-12(15)9-1-2-10(17-9)18-11-7-4-6-16-8(7)3-5-13-11/h1-6H,(H,14,15). The lowest BCUT2D eigenvalue weighted by Crippen LogP contribution is -1.91. The molecule has 0 fully saturated rings. The van der Waals surface area contributed by atoms with Gasteiger partial charge in [0, 0.05) is 6.20 Å². The third-order valence-electron chi connectivity index (χ3n) is 2.33. The molecule has 18 heavy (non-hydrogen) atoms. The number of furan rings is 2. The number of fused-ring (bicyclic) bond motifs is 1. The predicted molar refractivity (Wildman–Crippen MR) is 63.8 cm³/mol. The molecule has 6 heteroatoms. The van der Waals surface area contributed by atoms with E-state index in [4.69, 9.17) is 13.9 Å².